The molecule has 31 heavy (non-hydrogen) atoms. The fourth-order valence-electron chi connectivity index (χ4n) is 5.05. The molecular formula is C26H36O4S. The molecule has 1 aromatic rings. The third-order valence-corrected chi connectivity index (χ3v) is 7.91. The molecule has 0 aromatic carbocycles. The molecule has 2 aliphatic carbocycles. The first-order valence-corrected chi connectivity index (χ1v) is 12.6. The van der Waals surface area contributed by atoms with Gasteiger partial charge in [0.1, 0.15) is 10.7 Å². The monoisotopic (exact) mass is 444 g/mol. The van der Waals surface area contributed by atoms with Gasteiger partial charge in [0, 0.05) is 17.2 Å². The molecule has 4 nitrogen and oxygen atoms in total. The first-order chi connectivity index (χ1) is 15.0. The van der Waals surface area contributed by atoms with Crippen LogP contribution in [0.25, 0.3) is 0 Å². The quantitative estimate of drug-likeness (QED) is 0.341. The Morgan fingerprint density at radius 1 is 1.29 bits per heavy atom. The highest BCUT2D eigenvalue weighted by Gasteiger charge is 2.38. The number of hydrogen-bond acceptors (Lipinski definition) is 5. The third kappa shape index (κ3) is 6.39. The number of carbonyl (C=O) groups excluding carboxylic acids is 2. The minimum atomic E-state index is -0.385. The lowest BCUT2D eigenvalue weighted by Gasteiger charge is -2.28. The van der Waals surface area contributed by atoms with E-state index in [-0.39, 0.29) is 18.0 Å². The molecule has 0 spiro atoms. The van der Waals surface area contributed by atoms with Crippen LogP contribution in [0.3, 0.4) is 0 Å². The number of ether oxygens (including phenoxy) is 1. The number of ketones is 1. The van der Waals surface area contributed by atoms with Gasteiger partial charge in [-0.15, -0.1) is 11.3 Å². The number of hydrogen-bond donors (Lipinski definition) is 1. The van der Waals surface area contributed by atoms with Crippen LogP contribution in [0.15, 0.2) is 35.9 Å². The average Bonchev–Trinajstić information content (AvgIpc) is 3.40. The molecule has 170 valence electrons. The molecule has 0 aliphatic heterocycles. The zero-order valence-electron chi connectivity index (χ0n) is 18.8. The number of esters is 1. The molecule has 0 bridgehead atoms. The van der Waals surface area contributed by atoms with Crippen molar-refractivity contribution < 1.29 is 19.4 Å². The molecule has 0 amide bonds. The Hall–Kier alpha value is -1.72. The zero-order chi connectivity index (χ0) is 22.2. The third-order valence-electron chi connectivity index (χ3n) is 6.78. The van der Waals surface area contributed by atoms with Crippen LogP contribution < -0.4 is 0 Å². The first-order valence-electron chi connectivity index (χ1n) is 11.8. The molecule has 2 aliphatic rings. The summed E-state index contributed by atoms with van der Waals surface area (Å²) in [5.74, 6) is 0.965. The summed E-state index contributed by atoms with van der Waals surface area (Å²) in [5, 5.41) is 10.6. The van der Waals surface area contributed by atoms with Gasteiger partial charge in [-0.05, 0) is 68.1 Å². The summed E-state index contributed by atoms with van der Waals surface area (Å²) in [6.07, 6.45) is 15.7. The Kier molecular flexibility index (Phi) is 9.09. The van der Waals surface area contributed by atoms with Gasteiger partial charge in [0.05, 0.1) is 13.2 Å². The highest BCUT2D eigenvalue weighted by Crippen LogP contribution is 2.41. The number of unbranched alkanes of at least 4 members (excludes halogenated alkanes) is 2. The van der Waals surface area contributed by atoms with Crippen molar-refractivity contribution in [2.45, 2.75) is 77.2 Å². The fraction of sp³-hybridized carbons (Fsp3) is 0.615. The Labute approximate surface area is 190 Å². The Morgan fingerprint density at radius 2 is 2.13 bits per heavy atom. The van der Waals surface area contributed by atoms with Crippen molar-refractivity contribution in [1.82, 2.24) is 0 Å². The summed E-state index contributed by atoms with van der Waals surface area (Å²) in [6.45, 7) is 2.18. The number of thiophene rings is 1. The molecule has 0 radical (unpaired) electrons. The van der Waals surface area contributed by atoms with Crippen molar-refractivity contribution in [3.05, 3.63) is 45.7 Å². The first kappa shape index (κ1) is 23.9. The van der Waals surface area contributed by atoms with Crippen LogP contribution in [0.2, 0.25) is 0 Å². The van der Waals surface area contributed by atoms with Crippen LogP contribution in [0, 0.1) is 17.8 Å². The van der Waals surface area contributed by atoms with Gasteiger partial charge in [-0.2, -0.15) is 0 Å². The van der Waals surface area contributed by atoms with Crippen LogP contribution in [-0.2, 0) is 16.0 Å². The Balaban J connectivity index is 1.56. The summed E-state index contributed by atoms with van der Waals surface area (Å²) < 4.78 is 4.78. The number of aryl methyl sites for hydroxylation is 1. The molecule has 1 aromatic heterocycles. The van der Waals surface area contributed by atoms with Crippen molar-refractivity contribution in [3.8, 4) is 0 Å². The second-order valence-corrected chi connectivity index (χ2v) is 10.1. The summed E-state index contributed by atoms with van der Waals surface area (Å²) in [4.78, 5) is 26.1. The summed E-state index contributed by atoms with van der Waals surface area (Å²) >= 11 is 1.48. The van der Waals surface area contributed by atoms with Gasteiger partial charge >= 0.3 is 5.97 Å². The summed E-state index contributed by atoms with van der Waals surface area (Å²) in [6, 6.07) is 3.81. The minimum absolute atomic E-state index is 0.117. The van der Waals surface area contributed by atoms with Gasteiger partial charge < -0.3 is 9.84 Å². The van der Waals surface area contributed by atoms with E-state index in [1.165, 1.54) is 23.3 Å². The van der Waals surface area contributed by atoms with Crippen molar-refractivity contribution in [1.29, 1.82) is 0 Å². The van der Waals surface area contributed by atoms with Gasteiger partial charge in [0.25, 0.3) is 0 Å². The normalized spacial score (nSPS) is 24.3. The van der Waals surface area contributed by atoms with E-state index in [2.05, 4.69) is 25.2 Å². The SMILES string of the molecule is CCCCCC(O)C1=CC(C2CCC(=O)[C@@H]2CCCc2ccc(C(=O)OC)s2)CC=C1. The highest BCUT2D eigenvalue weighted by molar-refractivity contribution is 7.13. The second-order valence-electron chi connectivity index (χ2n) is 8.91. The number of aliphatic hydroxyl groups is 1. The maximum Gasteiger partial charge on any atom is 0.348 e. The number of rotatable bonds is 11. The van der Waals surface area contributed by atoms with E-state index in [1.807, 2.05) is 12.1 Å². The Bertz CT molecular complexity index is 806. The number of carbonyl (C=O) groups is 2. The predicted octanol–water partition coefficient (Wildman–Crippen LogP) is 5.90. The van der Waals surface area contributed by atoms with Gasteiger partial charge in [0.15, 0.2) is 0 Å². The molecule has 1 saturated carbocycles. The number of aliphatic hydroxyl groups excluding tert-OH is 1. The maximum absolute atomic E-state index is 12.6. The minimum Gasteiger partial charge on any atom is -0.465 e. The van der Waals surface area contributed by atoms with Crippen LogP contribution in [0.4, 0.5) is 0 Å². The highest BCUT2D eigenvalue weighted by atomic mass is 32.1. The molecule has 3 unspecified atom stereocenters. The molecule has 1 N–H and O–H groups in total. The molecule has 3 rings (SSSR count). The lowest BCUT2D eigenvalue weighted by Crippen LogP contribution is -2.24. The lowest BCUT2D eigenvalue weighted by molar-refractivity contribution is -0.121. The molecule has 4 atom stereocenters. The largest absolute Gasteiger partial charge is 0.465 e. The van der Waals surface area contributed by atoms with Crippen LogP contribution >= 0.6 is 11.3 Å². The van der Waals surface area contributed by atoms with Crippen LogP contribution in [0.1, 0.15) is 79.3 Å². The fourth-order valence-corrected chi connectivity index (χ4v) is 6.02. The van der Waals surface area contributed by atoms with Crippen molar-refractivity contribution in [2.75, 3.05) is 7.11 Å². The topological polar surface area (TPSA) is 63.6 Å². The van der Waals surface area contributed by atoms with Crippen LogP contribution in [-0.4, -0.2) is 30.1 Å². The van der Waals surface area contributed by atoms with Crippen molar-refractivity contribution >= 4 is 23.1 Å². The van der Waals surface area contributed by atoms with E-state index in [1.54, 1.807) is 0 Å². The predicted molar refractivity (Wildman–Crippen MR) is 125 cm³/mol. The van der Waals surface area contributed by atoms with Gasteiger partial charge in [0.2, 0.25) is 0 Å². The maximum atomic E-state index is 12.6. The smallest absolute Gasteiger partial charge is 0.348 e. The van der Waals surface area contributed by atoms with E-state index >= 15 is 0 Å². The standard InChI is InChI=1S/C26H36O4S/c1-3-4-5-12-23(27)19-9-6-8-18(17-19)21-14-15-24(28)22(21)11-7-10-20-13-16-25(31-20)26(29)30-2/h6,9,13,16-18,21-23,27H,3-5,7-8,10-12,14-15H2,1-2H3/t18?,21?,22-,23?/m1/s1. The molecule has 5 heteroatoms. The van der Waals surface area contributed by atoms with E-state index in [0.29, 0.717) is 28.9 Å². The summed E-state index contributed by atoms with van der Waals surface area (Å²) in [5.41, 5.74) is 1.04. The molecule has 0 saturated heterocycles. The van der Waals surface area contributed by atoms with Gasteiger partial charge in [-0.3, -0.25) is 4.79 Å². The van der Waals surface area contributed by atoms with E-state index in [9.17, 15) is 14.7 Å². The second kappa shape index (κ2) is 11.8. The molecular weight excluding hydrogens is 408 g/mol. The number of allylic oxidation sites excluding steroid dienone is 2. The lowest BCUT2D eigenvalue weighted by atomic mass is 9.76. The van der Waals surface area contributed by atoms with E-state index in [4.69, 9.17) is 4.74 Å². The summed E-state index contributed by atoms with van der Waals surface area (Å²) in [7, 11) is 1.40. The number of Topliss-reactive ketones (excluding diaryl/α,β-unsaturated/α-hetero) is 1. The zero-order valence-corrected chi connectivity index (χ0v) is 19.7. The molecule has 1 fully saturated rings. The Morgan fingerprint density at radius 3 is 2.90 bits per heavy atom. The van der Waals surface area contributed by atoms with E-state index in [0.717, 1.165) is 63.4 Å². The number of methoxy groups -OCH3 is 1. The van der Waals surface area contributed by atoms with Crippen molar-refractivity contribution in [2.24, 2.45) is 17.8 Å². The average molecular weight is 445 g/mol. The van der Waals surface area contributed by atoms with Crippen LogP contribution in [0.5, 0.6) is 0 Å². The van der Waals surface area contributed by atoms with Crippen molar-refractivity contribution in [3.63, 3.8) is 0 Å². The molecule has 1 heterocycles. The van der Waals surface area contributed by atoms with Gasteiger partial charge in [-0.25, -0.2) is 4.79 Å². The van der Waals surface area contributed by atoms with E-state index < -0.39 is 0 Å². The van der Waals surface area contributed by atoms with Gasteiger partial charge in [-0.1, -0.05) is 44.4 Å².